The van der Waals surface area contributed by atoms with Crippen molar-refractivity contribution in [2.45, 2.75) is 52.0 Å². The fraction of sp³-hybridized carbons (Fsp3) is 0.714. The van der Waals surface area contributed by atoms with Crippen LogP contribution < -0.4 is 16.6 Å². The zero-order chi connectivity index (χ0) is 13.9. The second-order valence-corrected chi connectivity index (χ2v) is 6.28. The van der Waals surface area contributed by atoms with Crippen molar-refractivity contribution in [2.75, 3.05) is 12.3 Å². The largest absolute Gasteiger partial charge is 0.383 e. The third kappa shape index (κ3) is 4.35. The molecule has 19 heavy (non-hydrogen) atoms. The van der Waals surface area contributed by atoms with Crippen molar-refractivity contribution in [3.8, 4) is 0 Å². The van der Waals surface area contributed by atoms with Crippen LogP contribution in [0.25, 0.3) is 0 Å². The van der Waals surface area contributed by atoms with E-state index in [2.05, 4.69) is 29.1 Å². The van der Waals surface area contributed by atoms with Gasteiger partial charge in [-0.05, 0) is 24.7 Å². The zero-order valence-electron chi connectivity index (χ0n) is 11.8. The molecule has 1 aromatic heterocycles. The van der Waals surface area contributed by atoms with Gasteiger partial charge in [0.05, 0.1) is 0 Å². The Labute approximate surface area is 114 Å². The van der Waals surface area contributed by atoms with E-state index in [0.29, 0.717) is 23.7 Å². The van der Waals surface area contributed by atoms with Gasteiger partial charge in [0.2, 0.25) is 0 Å². The van der Waals surface area contributed by atoms with E-state index in [1.54, 1.807) is 0 Å². The fourth-order valence-electron chi connectivity index (χ4n) is 2.91. The van der Waals surface area contributed by atoms with Gasteiger partial charge in [0.15, 0.2) is 0 Å². The molecule has 5 heteroatoms. The van der Waals surface area contributed by atoms with Crippen LogP contribution in [-0.2, 0) is 6.42 Å². The lowest BCUT2D eigenvalue weighted by Crippen LogP contribution is -2.38. The highest BCUT2D eigenvalue weighted by molar-refractivity contribution is 5.25. The molecular weight excluding hydrogens is 240 g/mol. The van der Waals surface area contributed by atoms with Crippen molar-refractivity contribution < 1.29 is 0 Å². The molecule has 5 nitrogen and oxygen atoms in total. The van der Waals surface area contributed by atoms with E-state index in [1.165, 1.54) is 31.7 Å². The van der Waals surface area contributed by atoms with Crippen molar-refractivity contribution in [3.05, 3.63) is 22.2 Å². The minimum Gasteiger partial charge on any atom is -0.383 e. The maximum absolute atomic E-state index is 11.3. The molecule has 4 N–H and O–H groups in total. The van der Waals surface area contributed by atoms with Crippen molar-refractivity contribution in [2.24, 2.45) is 5.41 Å². The Morgan fingerprint density at radius 3 is 3.05 bits per heavy atom. The highest BCUT2D eigenvalue weighted by Gasteiger charge is 2.27. The number of aromatic nitrogens is 2. The molecule has 106 valence electrons. The maximum Gasteiger partial charge on any atom is 0.252 e. The lowest BCUT2D eigenvalue weighted by atomic mass is 9.75. The summed E-state index contributed by atoms with van der Waals surface area (Å²) in [5, 5.41) is 3.56. The third-order valence-corrected chi connectivity index (χ3v) is 3.81. The molecule has 0 aromatic carbocycles. The highest BCUT2D eigenvalue weighted by atomic mass is 16.1. The Hall–Kier alpha value is -1.36. The normalized spacial score (nSPS) is 22.3. The number of nitrogen functional groups attached to an aromatic ring is 1. The Kier molecular flexibility index (Phi) is 4.24. The van der Waals surface area contributed by atoms with Crippen LogP contribution in [0.5, 0.6) is 0 Å². The van der Waals surface area contributed by atoms with Gasteiger partial charge < -0.3 is 16.0 Å². The number of nitrogens with one attached hydrogen (secondary N) is 2. The second kappa shape index (κ2) is 5.74. The van der Waals surface area contributed by atoms with Crippen LogP contribution in [0.4, 0.5) is 5.82 Å². The summed E-state index contributed by atoms with van der Waals surface area (Å²) in [6, 6.07) is 1.89. The van der Waals surface area contributed by atoms with Crippen LogP contribution >= 0.6 is 0 Å². The van der Waals surface area contributed by atoms with Gasteiger partial charge >= 0.3 is 0 Å². The summed E-state index contributed by atoms with van der Waals surface area (Å²) >= 11 is 0. The number of anilines is 1. The summed E-state index contributed by atoms with van der Waals surface area (Å²) < 4.78 is 0. The van der Waals surface area contributed by atoms with E-state index in [0.717, 1.165) is 6.54 Å². The van der Waals surface area contributed by atoms with Gasteiger partial charge in [0.25, 0.3) is 5.56 Å². The Balaban J connectivity index is 1.81. The van der Waals surface area contributed by atoms with Gasteiger partial charge in [0, 0.05) is 25.1 Å². The molecule has 1 aliphatic carbocycles. The quantitative estimate of drug-likeness (QED) is 0.768. The lowest BCUT2D eigenvalue weighted by molar-refractivity contribution is 0.199. The third-order valence-electron chi connectivity index (χ3n) is 3.81. The zero-order valence-corrected chi connectivity index (χ0v) is 11.8. The summed E-state index contributed by atoms with van der Waals surface area (Å²) in [5.74, 6) is 0.949. The van der Waals surface area contributed by atoms with Crippen LogP contribution in [-0.4, -0.2) is 22.6 Å². The number of rotatable bonds is 4. The molecule has 0 spiro atoms. The van der Waals surface area contributed by atoms with Crippen LogP contribution in [0.3, 0.4) is 0 Å². The lowest BCUT2D eigenvalue weighted by Gasteiger charge is -2.35. The molecule has 0 radical (unpaired) electrons. The van der Waals surface area contributed by atoms with Gasteiger partial charge in [-0.1, -0.05) is 20.3 Å². The number of hydrogen-bond donors (Lipinski definition) is 3. The molecule has 1 fully saturated rings. The first-order valence-corrected chi connectivity index (χ1v) is 7.04. The molecular formula is C14H24N4O. The highest BCUT2D eigenvalue weighted by Crippen LogP contribution is 2.34. The summed E-state index contributed by atoms with van der Waals surface area (Å²) in [7, 11) is 0. The fourth-order valence-corrected chi connectivity index (χ4v) is 2.91. The summed E-state index contributed by atoms with van der Waals surface area (Å²) in [6.45, 7) is 5.49. The smallest absolute Gasteiger partial charge is 0.252 e. The molecule has 1 aromatic rings. The molecule has 1 heterocycles. The monoisotopic (exact) mass is 264 g/mol. The van der Waals surface area contributed by atoms with Crippen LogP contribution in [0.2, 0.25) is 0 Å². The predicted octanol–water partition coefficient (Wildman–Crippen LogP) is 1.45. The van der Waals surface area contributed by atoms with E-state index in [4.69, 9.17) is 5.73 Å². The van der Waals surface area contributed by atoms with Crippen molar-refractivity contribution in [1.29, 1.82) is 0 Å². The average molecular weight is 264 g/mol. The second-order valence-electron chi connectivity index (χ2n) is 6.28. The molecule has 0 bridgehead atoms. The molecule has 1 aliphatic rings. The Morgan fingerprint density at radius 1 is 1.58 bits per heavy atom. The van der Waals surface area contributed by atoms with Gasteiger partial charge in [-0.3, -0.25) is 4.79 Å². The Morgan fingerprint density at radius 2 is 2.37 bits per heavy atom. The Bertz CT molecular complexity index is 481. The average Bonchev–Trinajstić information content (AvgIpc) is 2.26. The molecule has 0 aliphatic heterocycles. The SMILES string of the molecule is CC1(C)CCCC(NCCc2nc(N)cc(=O)[nH]2)C1. The summed E-state index contributed by atoms with van der Waals surface area (Å²) in [5.41, 5.74) is 5.82. The van der Waals surface area contributed by atoms with E-state index >= 15 is 0 Å². The standard InChI is InChI=1S/C14H24N4O/c1-14(2)6-3-4-10(9-14)16-7-5-12-17-11(15)8-13(19)18-12/h8,10,16H,3-7,9H2,1-2H3,(H3,15,17,18,19). The topological polar surface area (TPSA) is 83.8 Å². The number of nitrogens with two attached hydrogens (primary N) is 1. The summed E-state index contributed by atoms with van der Waals surface area (Å²) in [4.78, 5) is 18.1. The molecule has 2 rings (SSSR count). The first-order valence-electron chi connectivity index (χ1n) is 7.04. The maximum atomic E-state index is 11.3. The van der Waals surface area contributed by atoms with E-state index < -0.39 is 0 Å². The van der Waals surface area contributed by atoms with Gasteiger partial charge in [-0.25, -0.2) is 4.98 Å². The number of nitrogens with zero attached hydrogens (tertiary/aromatic N) is 1. The first kappa shape index (κ1) is 14.1. The molecule has 1 saturated carbocycles. The summed E-state index contributed by atoms with van der Waals surface area (Å²) in [6.07, 6.45) is 5.77. The van der Waals surface area contributed by atoms with Gasteiger partial charge in [-0.15, -0.1) is 0 Å². The van der Waals surface area contributed by atoms with E-state index in [-0.39, 0.29) is 11.4 Å². The van der Waals surface area contributed by atoms with E-state index in [1.807, 2.05) is 0 Å². The number of hydrogen-bond acceptors (Lipinski definition) is 4. The van der Waals surface area contributed by atoms with Crippen LogP contribution in [0.15, 0.2) is 10.9 Å². The van der Waals surface area contributed by atoms with E-state index in [9.17, 15) is 4.79 Å². The van der Waals surface area contributed by atoms with Crippen LogP contribution in [0, 0.1) is 5.41 Å². The minimum atomic E-state index is -0.179. The minimum absolute atomic E-state index is 0.179. The van der Waals surface area contributed by atoms with Crippen LogP contribution in [0.1, 0.15) is 45.4 Å². The molecule has 1 atom stereocenters. The molecule has 1 unspecified atom stereocenters. The predicted molar refractivity (Wildman–Crippen MR) is 77.0 cm³/mol. The van der Waals surface area contributed by atoms with Gasteiger partial charge in [-0.2, -0.15) is 0 Å². The number of H-pyrrole nitrogens is 1. The van der Waals surface area contributed by atoms with Crippen molar-refractivity contribution in [1.82, 2.24) is 15.3 Å². The molecule has 0 amide bonds. The number of aromatic amines is 1. The van der Waals surface area contributed by atoms with Gasteiger partial charge in [0.1, 0.15) is 11.6 Å². The first-order chi connectivity index (χ1) is 8.94. The van der Waals surface area contributed by atoms with Crippen molar-refractivity contribution >= 4 is 5.82 Å². The van der Waals surface area contributed by atoms with Crippen molar-refractivity contribution in [3.63, 3.8) is 0 Å². The molecule has 0 saturated heterocycles.